The van der Waals surface area contributed by atoms with Gasteiger partial charge in [0.15, 0.2) is 0 Å². The smallest absolute Gasteiger partial charge is 0.305 e. The lowest BCUT2D eigenvalue weighted by atomic mass is 10.1. The summed E-state index contributed by atoms with van der Waals surface area (Å²) in [6.07, 6.45) is 0.708. The van der Waals surface area contributed by atoms with Crippen LogP contribution in [0.1, 0.15) is 41.6 Å². The Hall–Kier alpha value is -4.14. The first-order valence-corrected chi connectivity index (χ1v) is 9.36. The maximum absolute atomic E-state index is 11.3. The van der Waals surface area contributed by atoms with E-state index in [-0.39, 0.29) is 24.0 Å². The van der Waals surface area contributed by atoms with Crippen LogP contribution in [0.25, 0.3) is 0 Å². The zero-order valence-electron chi connectivity index (χ0n) is 17.1. The number of nitrogens with zero attached hydrogens (tertiary/aromatic N) is 2. The molecule has 0 saturated carbocycles. The fourth-order valence-electron chi connectivity index (χ4n) is 2.28. The highest BCUT2D eigenvalue weighted by Gasteiger charge is 2.10. The van der Waals surface area contributed by atoms with Gasteiger partial charge in [-0.3, -0.25) is 30.0 Å². The molecule has 0 radical (unpaired) electrons. The van der Waals surface area contributed by atoms with E-state index >= 15 is 0 Å². The van der Waals surface area contributed by atoms with Gasteiger partial charge in [-0.2, -0.15) is 0 Å². The van der Waals surface area contributed by atoms with Crippen molar-refractivity contribution in [3.8, 4) is 0 Å². The molecule has 2 N–H and O–H groups in total. The molecule has 1 aromatic heterocycles. The summed E-state index contributed by atoms with van der Waals surface area (Å²) in [5.41, 5.74) is 6.08. The van der Waals surface area contributed by atoms with Crippen molar-refractivity contribution >= 4 is 23.4 Å². The van der Waals surface area contributed by atoms with E-state index < -0.39 is 11.7 Å². The number of carbonyl (C=O) groups excluding carboxylic acids is 4. The van der Waals surface area contributed by atoms with Gasteiger partial charge >= 0.3 is 5.91 Å². The molecule has 0 aliphatic heterocycles. The van der Waals surface area contributed by atoms with Crippen LogP contribution in [0.5, 0.6) is 0 Å². The minimum absolute atomic E-state index is 0.0703. The van der Waals surface area contributed by atoms with Gasteiger partial charge in [-0.05, 0) is 11.1 Å². The number of aromatic nitrogens is 2. The summed E-state index contributed by atoms with van der Waals surface area (Å²) in [6, 6.07) is 18.8. The first-order valence-electron chi connectivity index (χ1n) is 9.36. The van der Waals surface area contributed by atoms with Crippen molar-refractivity contribution in [1.29, 1.82) is 0 Å². The fraction of sp³-hybridized carbons (Fsp3) is 0.182. The van der Waals surface area contributed by atoms with E-state index in [9.17, 15) is 19.2 Å². The number of hydrogen-bond acceptors (Lipinski definition) is 7. The third kappa shape index (κ3) is 8.40. The van der Waals surface area contributed by atoms with Crippen molar-refractivity contribution in [3.63, 3.8) is 0 Å². The molecule has 3 aromatic rings. The van der Waals surface area contributed by atoms with Crippen molar-refractivity contribution in [2.24, 2.45) is 0 Å². The quantitative estimate of drug-likeness (QED) is 0.352. The molecule has 2 aromatic carbocycles. The SMILES string of the molecule is CC(=O)C(=O)NNC(=O)Cc1ccccc1.CC(=O)c1nnc(Cc2ccccc2)o1. The van der Waals surface area contributed by atoms with Crippen molar-refractivity contribution in [2.45, 2.75) is 26.7 Å². The summed E-state index contributed by atoms with van der Waals surface area (Å²) in [5.74, 6) is -1.53. The average molecular weight is 422 g/mol. The number of Topliss-reactive ketones (excluding diaryl/α,β-unsaturated/α-hetero) is 2. The first-order chi connectivity index (χ1) is 14.8. The molecule has 3 rings (SSSR count). The number of hydrogen-bond donors (Lipinski definition) is 2. The van der Waals surface area contributed by atoms with Crippen molar-refractivity contribution < 1.29 is 23.6 Å². The third-order valence-electron chi connectivity index (χ3n) is 3.81. The highest BCUT2D eigenvalue weighted by atomic mass is 16.4. The summed E-state index contributed by atoms with van der Waals surface area (Å²) in [6.45, 7) is 2.53. The van der Waals surface area contributed by atoms with Gasteiger partial charge in [0, 0.05) is 13.8 Å². The molecule has 31 heavy (non-hydrogen) atoms. The number of benzene rings is 2. The van der Waals surface area contributed by atoms with Crippen molar-refractivity contribution in [1.82, 2.24) is 21.0 Å². The van der Waals surface area contributed by atoms with Crippen LogP contribution in [0.3, 0.4) is 0 Å². The van der Waals surface area contributed by atoms with E-state index in [1.54, 1.807) is 12.1 Å². The van der Waals surface area contributed by atoms with E-state index in [0.717, 1.165) is 18.1 Å². The third-order valence-corrected chi connectivity index (χ3v) is 3.81. The predicted molar refractivity (Wildman–Crippen MR) is 111 cm³/mol. The van der Waals surface area contributed by atoms with Crippen LogP contribution in [0, 0.1) is 0 Å². The van der Waals surface area contributed by atoms with Crippen molar-refractivity contribution in [2.75, 3.05) is 0 Å². The normalized spacial score (nSPS) is 9.74. The molecule has 2 amide bonds. The zero-order chi connectivity index (χ0) is 22.6. The highest BCUT2D eigenvalue weighted by molar-refractivity contribution is 6.35. The molecular weight excluding hydrogens is 400 g/mol. The minimum atomic E-state index is -0.832. The molecule has 9 heteroatoms. The van der Waals surface area contributed by atoms with E-state index in [1.165, 1.54) is 6.92 Å². The maximum Gasteiger partial charge on any atom is 0.305 e. The molecular formula is C22H22N4O5. The summed E-state index contributed by atoms with van der Waals surface area (Å²) < 4.78 is 5.18. The topological polar surface area (TPSA) is 131 Å². The van der Waals surface area contributed by atoms with E-state index in [0.29, 0.717) is 12.3 Å². The van der Waals surface area contributed by atoms with Gasteiger partial charge in [-0.1, -0.05) is 60.7 Å². The summed E-state index contributed by atoms with van der Waals surface area (Å²) in [7, 11) is 0. The summed E-state index contributed by atoms with van der Waals surface area (Å²) in [4.78, 5) is 43.6. The molecule has 0 atom stereocenters. The highest BCUT2D eigenvalue weighted by Crippen LogP contribution is 2.08. The maximum atomic E-state index is 11.3. The zero-order valence-corrected chi connectivity index (χ0v) is 17.1. The first kappa shape index (κ1) is 23.1. The van der Waals surface area contributed by atoms with Gasteiger partial charge in [0.25, 0.3) is 5.89 Å². The second kappa shape index (κ2) is 11.8. The molecule has 0 bridgehead atoms. The van der Waals surface area contributed by atoms with Gasteiger partial charge in [0.1, 0.15) is 0 Å². The molecule has 0 saturated heterocycles. The molecule has 0 aliphatic carbocycles. The van der Waals surface area contributed by atoms with Crippen molar-refractivity contribution in [3.05, 3.63) is 83.6 Å². The molecule has 0 spiro atoms. The Labute approximate surface area is 178 Å². The number of hydrazine groups is 1. The number of amides is 2. The van der Waals surface area contributed by atoms with Crippen LogP contribution < -0.4 is 10.9 Å². The van der Waals surface area contributed by atoms with Gasteiger partial charge in [0.05, 0.1) is 12.8 Å². The van der Waals surface area contributed by atoms with Crippen LogP contribution >= 0.6 is 0 Å². The Morgan fingerprint density at radius 2 is 1.39 bits per heavy atom. The largest absolute Gasteiger partial charge is 0.418 e. The van der Waals surface area contributed by atoms with Gasteiger partial charge in [-0.25, -0.2) is 0 Å². The molecule has 160 valence electrons. The average Bonchev–Trinajstić information content (AvgIpc) is 3.23. The van der Waals surface area contributed by atoms with Gasteiger partial charge < -0.3 is 4.42 Å². The molecule has 0 unspecified atom stereocenters. The number of rotatable bonds is 6. The molecule has 0 fully saturated rings. The van der Waals surface area contributed by atoms with E-state index in [4.69, 9.17) is 4.42 Å². The second-order valence-corrected chi connectivity index (χ2v) is 6.44. The summed E-state index contributed by atoms with van der Waals surface area (Å²) in [5, 5.41) is 7.44. The Balaban J connectivity index is 0.000000220. The minimum Gasteiger partial charge on any atom is -0.418 e. The molecule has 1 heterocycles. The van der Waals surface area contributed by atoms with Crippen LogP contribution in [0.2, 0.25) is 0 Å². The van der Waals surface area contributed by atoms with E-state index in [2.05, 4.69) is 15.6 Å². The lowest BCUT2D eigenvalue weighted by Crippen LogP contribution is -2.44. The number of carbonyl (C=O) groups is 4. The van der Waals surface area contributed by atoms with Crippen LogP contribution in [-0.2, 0) is 27.2 Å². The van der Waals surface area contributed by atoms with Gasteiger partial charge in [0.2, 0.25) is 23.4 Å². The fourth-order valence-corrected chi connectivity index (χ4v) is 2.28. The lowest BCUT2D eigenvalue weighted by Gasteiger charge is -2.05. The van der Waals surface area contributed by atoms with Crippen LogP contribution in [0.15, 0.2) is 65.1 Å². The number of ketones is 2. The summed E-state index contributed by atoms with van der Waals surface area (Å²) >= 11 is 0. The molecule has 0 aliphatic rings. The van der Waals surface area contributed by atoms with E-state index in [1.807, 2.05) is 54.0 Å². The van der Waals surface area contributed by atoms with Crippen LogP contribution in [-0.4, -0.2) is 33.6 Å². The Bertz CT molecular complexity index is 1030. The second-order valence-electron chi connectivity index (χ2n) is 6.44. The predicted octanol–water partition coefficient (Wildman–Crippen LogP) is 1.83. The molecule has 9 nitrogen and oxygen atoms in total. The standard InChI is InChI=1S/C11H12N2O3.C11H10N2O2/c1-8(14)11(16)13-12-10(15)7-9-5-3-2-4-6-9;1-8(14)11-13-12-10(15-11)7-9-5-3-2-4-6-9/h2-6H,7H2,1H3,(H,12,15)(H,13,16);2-6H,7H2,1H3. The Morgan fingerprint density at radius 3 is 1.90 bits per heavy atom. The lowest BCUT2D eigenvalue weighted by molar-refractivity contribution is -0.138. The monoisotopic (exact) mass is 422 g/mol. The Kier molecular flexibility index (Phi) is 8.78. The van der Waals surface area contributed by atoms with Gasteiger partial charge in [-0.15, -0.1) is 10.2 Å². The van der Waals surface area contributed by atoms with Crippen LogP contribution in [0.4, 0.5) is 0 Å². The Morgan fingerprint density at radius 1 is 0.806 bits per heavy atom. The number of nitrogens with one attached hydrogen (secondary N) is 2.